The van der Waals surface area contributed by atoms with E-state index < -0.39 is 11.6 Å². The third-order valence-electron chi connectivity index (χ3n) is 4.26. The Morgan fingerprint density at radius 3 is 2.24 bits per heavy atom. The number of benzene rings is 2. The molecule has 0 fully saturated rings. The van der Waals surface area contributed by atoms with Crippen molar-refractivity contribution < 1.29 is 13.5 Å². The summed E-state index contributed by atoms with van der Waals surface area (Å²) in [5.74, 6) is 0.652. The fourth-order valence-corrected chi connectivity index (χ4v) is 2.97. The predicted octanol–water partition coefficient (Wildman–Crippen LogP) is 6.76. The van der Waals surface area contributed by atoms with Crippen molar-refractivity contribution in [3.8, 4) is 16.9 Å². The van der Waals surface area contributed by atoms with Gasteiger partial charge < -0.3 is 4.74 Å². The van der Waals surface area contributed by atoms with Crippen LogP contribution in [0, 0.1) is 17.2 Å². The molecule has 0 amide bonds. The SMILES string of the molecule is COc1ccc(F)c(-c2ccc(CC(C)C)cc2[C@@H](F)C(C)(C)C)c1. The molecule has 136 valence electrons. The van der Waals surface area contributed by atoms with Crippen molar-refractivity contribution in [1.29, 1.82) is 0 Å². The van der Waals surface area contributed by atoms with Gasteiger partial charge >= 0.3 is 0 Å². The lowest BCUT2D eigenvalue weighted by Crippen LogP contribution is -2.15. The maximum absolute atomic E-state index is 15.3. The summed E-state index contributed by atoms with van der Waals surface area (Å²) in [5, 5.41) is 0. The zero-order chi connectivity index (χ0) is 18.8. The van der Waals surface area contributed by atoms with E-state index >= 15 is 4.39 Å². The number of rotatable bonds is 5. The molecule has 1 atom stereocenters. The Hall–Kier alpha value is -1.90. The van der Waals surface area contributed by atoms with Crippen molar-refractivity contribution in [2.75, 3.05) is 7.11 Å². The summed E-state index contributed by atoms with van der Waals surface area (Å²) in [5.41, 5.74) is 2.01. The molecule has 3 heteroatoms. The highest BCUT2D eigenvalue weighted by molar-refractivity contribution is 5.70. The van der Waals surface area contributed by atoms with Crippen molar-refractivity contribution in [3.05, 3.63) is 53.3 Å². The van der Waals surface area contributed by atoms with Gasteiger partial charge in [0.15, 0.2) is 0 Å². The lowest BCUT2D eigenvalue weighted by Gasteiger charge is -2.27. The molecule has 0 heterocycles. The summed E-state index contributed by atoms with van der Waals surface area (Å²) in [4.78, 5) is 0. The second kappa shape index (κ2) is 7.55. The van der Waals surface area contributed by atoms with E-state index in [1.54, 1.807) is 12.1 Å². The van der Waals surface area contributed by atoms with Gasteiger partial charge in [-0.2, -0.15) is 0 Å². The Kier molecular flexibility index (Phi) is 5.87. The van der Waals surface area contributed by atoms with Crippen molar-refractivity contribution in [2.24, 2.45) is 11.3 Å². The second-order valence-electron chi connectivity index (χ2n) is 8.09. The van der Waals surface area contributed by atoms with E-state index in [4.69, 9.17) is 4.74 Å². The average Bonchev–Trinajstić information content (AvgIpc) is 2.53. The van der Waals surface area contributed by atoms with Crippen molar-refractivity contribution in [2.45, 2.75) is 47.2 Å². The van der Waals surface area contributed by atoms with Crippen LogP contribution in [-0.4, -0.2) is 7.11 Å². The Bertz CT molecular complexity index is 729. The monoisotopic (exact) mass is 346 g/mol. The standard InChI is InChI=1S/C22H28F2O/c1-14(2)11-15-7-9-17(19(12-15)21(24)22(3,4)5)18-13-16(25-6)8-10-20(18)23/h7-10,12-14,21H,11H2,1-6H3/t21-/m1/s1. The normalized spacial score (nSPS) is 13.2. The zero-order valence-electron chi connectivity index (χ0n) is 16.0. The summed E-state index contributed by atoms with van der Waals surface area (Å²) < 4.78 is 34.9. The molecule has 0 N–H and O–H groups in total. The summed E-state index contributed by atoms with van der Waals surface area (Å²) >= 11 is 0. The molecule has 0 saturated heterocycles. The highest BCUT2D eigenvalue weighted by Crippen LogP contribution is 2.42. The molecule has 0 saturated carbocycles. The fourth-order valence-electron chi connectivity index (χ4n) is 2.97. The van der Waals surface area contributed by atoms with E-state index in [0.29, 0.717) is 28.4 Å². The molecule has 25 heavy (non-hydrogen) atoms. The minimum absolute atomic E-state index is 0.373. The van der Waals surface area contributed by atoms with Gasteiger partial charge in [0.05, 0.1) is 7.11 Å². The maximum atomic E-state index is 15.3. The Morgan fingerprint density at radius 2 is 1.68 bits per heavy atom. The van der Waals surface area contributed by atoms with Gasteiger partial charge in [0.1, 0.15) is 17.7 Å². The van der Waals surface area contributed by atoms with Crippen molar-refractivity contribution in [3.63, 3.8) is 0 Å². The molecule has 0 unspecified atom stereocenters. The third kappa shape index (κ3) is 4.59. The van der Waals surface area contributed by atoms with Gasteiger partial charge in [-0.1, -0.05) is 52.8 Å². The molecule has 2 aromatic rings. The lowest BCUT2D eigenvalue weighted by atomic mass is 9.81. The van der Waals surface area contributed by atoms with Crippen LogP contribution in [0.2, 0.25) is 0 Å². The van der Waals surface area contributed by atoms with E-state index in [-0.39, 0.29) is 5.82 Å². The average molecular weight is 346 g/mol. The molecule has 0 aliphatic rings. The first-order valence-electron chi connectivity index (χ1n) is 8.74. The Balaban J connectivity index is 2.64. The van der Waals surface area contributed by atoms with Crippen molar-refractivity contribution in [1.82, 2.24) is 0 Å². The number of methoxy groups -OCH3 is 1. The molecule has 0 radical (unpaired) electrons. The van der Waals surface area contributed by atoms with Gasteiger partial charge in [0, 0.05) is 5.56 Å². The molecular formula is C22H28F2O. The highest BCUT2D eigenvalue weighted by atomic mass is 19.1. The minimum atomic E-state index is -1.19. The molecule has 0 aliphatic heterocycles. The van der Waals surface area contributed by atoms with E-state index in [1.807, 2.05) is 39.0 Å². The van der Waals surface area contributed by atoms with Crippen LogP contribution in [0.4, 0.5) is 8.78 Å². The first-order valence-corrected chi connectivity index (χ1v) is 8.74. The number of hydrogen-bond donors (Lipinski definition) is 0. The van der Waals surface area contributed by atoms with Crippen LogP contribution in [0.1, 0.15) is 51.9 Å². The number of hydrogen-bond acceptors (Lipinski definition) is 1. The third-order valence-corrected chi connectivity index (χ3v) is 4.26. The maximum Gasteiger partial charge on any atom is 0.131 e. The molecule has 0 spiro atoms. The smallest absolute Gasteiger partial charge is 0.131 e. The number of halogens is 2. The summed E-state index contributed by atoms with van der Waals surface area (Å²) in [6, 6.07) is 10.3. The highest BCUT2D eigenvalue weighted by Gasteiger charge is 2.29. The van der Waals surface area contributed by atoms with E-state index in [0.717, 1.165) is 12.0 Å². The first kappa shape index (κ1) is 19.4. The van der Waals surface area contributed by atoms with Gasteiger partial charge in [0.2, 0.25) is 0 Å². The van der Waals surface area contributed by atoms with Gasteiger partial charge in [-0.25, -0.2) is 8.78 Å². The van der Waals surface area contributed by atoms with Crippen LogP contribution in [0.3, 0.4) is 0 Å². The van der Waals surface area contributed by atoms with Crippen LogP contribution in [0.25, 0.3) is 11.1 Å². The van der Waals surface area contributed by atoms with E-state index in [1.165, 1.54) is 13.2 Å². The molecule has 2 aromatic carbocycles. The molecule has 0 bridgehead atoms. The van der Waals surface area contributed by atoms with E-state index in [9.17, 15) is 4.39 Å². The van der Waals surface area contributed by atoms with E-state index in [2.05, 4.69) is 13.8 Å². The second-order valence-corrected chi connectivity index (χ2v) is 8.09. The minimum Gasteiger partial charge on any atom is -0.497 e. The van der Waals surface area contributed by atoms with Crippen LogP contribution < -0.4 is 4.74 Å². The summed E-state index contributed by atoms with van der Waals surface area (Å²) in [7, 11) is 1.54. The quantitative estimate of drug-likeness (QED) is 0.581. The zero-order valence-corrected chi connectivity index (χ0v) is 16.0. The Labute approximate surface area is 150 Å². The molecule has 1 nitrogen and oxygen atoms in total. The first-order chi connectivity index (χ1) is 11.6. The van der Waals surface area contributed by atoms with Gasteiger partial charge in [-0.15, -0.1) is 0 Å². The molecule has 0 aliphatic carbocycles. The van der Waals surface area contributed by atoms with Gasteiger partial charge in [-0.05, 0) is 52.6 Å². The van der Waals surface area contributed by atoms with Gasteiger partial charge in [0.25, 0.3) is 0 Å². The van der Waals surface area contributed by atoms with Crippen LogP contribution >= 0.6 is 0 Å². The largest absolute Gasteiger partial charge is 0.497 e. The van der Waals surface area contributed by atoms with Gasteiger partial charge in [-0.3, -0.25) is 0 Å². The summed E-state index contributed by atoms with van der Waals surface area (Å²) in [6.07, 6.45) is -0.328. The fraction of sp³-hybridized carbons (Fsp3) is 0.455. The Morgan fingerprint density at radius 1 is 1.00 bits per heavy atom. The topological polar surface area (TPSA) is 9.23 Å². The van der Waals surface area contributed by atoms with Crippen molar-refractivity contribution >= 4 is 0 Å². The molecular weight excluding hydrogens is 318 g/mol. The molecule has 2 rings (SSSR count). The molecule has 0 aromatic heterocycles. The number of alkyl halides is 1. The van der Waals surface area contributed by atoms with Crippen LogP contribution in [0.15, 0.2) is 36.4 Å². The van der Waals surface area contributed by atoms with Crippen LogP contribution in [0.5, 0.6) is 5.75 Å². The lowest BCUT2D eigenvalue weighted by molar-refractivity contribution is 0.165. The van der Waals surface area contributed by atoms with Crippen LogP contribution in [-0.2, 0) is 6.42 Å². The predicted molar refractivity (Wildman–Crippen MR) is 100 cm³/mol. The number of ether oxygens (including phenoxy) is 1. The summed E-state index contributed by atoms with van der Waals surface area (Å²) in [6.45, 7) is 9.84.